The highest BCUT2D eigenvalue weighted by molar-refractivity contribution is 7.98. The number of thioether (sulfide) groups is 1. The van der Waals surface area contributed by atoms with Crippen LogP contribution in [0.2, 0.25) is 0 Å². The molecule has 0 aliphatic rings. The van der Waals surface area contributed by atoms with E-state index in [1.807, 2.05) is 19.2 Å². The lowest BCUT2D eigenvalue weighted by molar-refractivity contribution is 0.480. The largest absolute Gasteiger partial charge is 0.325 e. The molecule has 0 radical (unpaired) electrons. The summed E-state index contributed by atoms with van der Waals surface area (Å²) in [5.41, 5.74) is 2.06. The molecule has 0 aliphatic carbocycles. The van der Waals surface area contributed by atoms with E-state index in [1.54, 1.807) is 9.13 Å². The number of hydrogen-bond acceptors (Lipinski definition) is 4. The summed E-state index contributed by atoms with van der Waals surface area (Å²) in [7, 11) is 0. The van der Waals surface area contributed by atoms with Crippen molar-refractivity contribution in [2.24, 2.45) is 5.92 Å². The van der Waals surface area contributed by atoms with Crippen LogP contribution in [0.25, 0.3) is 11.0 Å². The van der Waals surface area contributed by atoms with E-state index in [2.05, 4.69) is 24.9 Å². The standard InChI is InChI=1S/C15H20N4OS/c1-10(2)5-7-19-14(20)13-12(17-15(19)21-4)9-11(3)18(13)8-6-16/h9-10H,5,7-8H2,1-4H3. The second-order valence-corrected chi connectivity index (χ2v) is 6.28. The third-order valence-electron chi connectivity index (χ3n) is 3.52. The number of nitriles is 1. The summed E-state index contributed by atoms with van der Waals surface area (Å²) in [6.45, 7) is 7.01. The fourth-order valence-electron chi connectivity index (χ4n) is 2.36. The molecule has 112 valence electrons. The van der Waals surface area contributed by atoms with Crippen molar-refractivity contribution in [3.05, 3.63) is 22.1 Å². The predicted octanol–water partition coefficient (Wildman–Crippen LogP) is 2.80. The highest BCUT2D eigenvalue weighted by Gasteiger charge is 2.16. The Morgan fingerprint density at radius 3 is 2.71 bits per heavy atom. The van der Waals surface area contributed by atoms with Gasteiger partial charge < -0.3 is 4.57 Å². The number of nitrogens with zero attached hydrogens (tertiary/aromatic N) is 4. The van der Waals surface area contributed by atoms with Crippen LogP contribution in [0.3, 0.4) is 0 Å². The monoisotopic (exact) mass is 304 g/mol. The Bertz CT molecular complexity index is 752. The zero-order valence-corrected chi connectivity index (χ0v) is 13.7. The zero-order chi connectivity index (χ0) is 15.6. The van der Waals surface area contributed by atoms with E-state index in [0.717, 1.165) is 17.3 Å². The van der Waals surface area contributed by atoms with Gasteiger partial charge in [-0.05, 0) is 31.6 Å². The molecule has 0 bridgehead atoms. The summed E-state index contributed by atoms with van der Waals surface area (Å²) in [4.78, 5) is 17.4. The van der Waals surface area contributed by atoms with Gasteiger partial charge in [0.15, 0.2) is 5.16 Å². The minimum absolute atomic E-state index is 0.0478. The van der Waals surface area contributed by atoms with Gasteiger partial charge in [-0.2, -0.15) is 5.26 Å². The summed E-state index contributed by atoms with van der Waals surface area (Å²) >= 11 is 1.48. The molecule has 21 heavy (non-hydrogen) atoms. The van der Waals surface area contributed by atoms with E-state index in [0.29, 0.717) is 23.5 Å². The Morgan fingerprint density at radius 2 is 2.14 bits per heavy atom. The maximum Gasteiger partial charge on any atom is 0.278 e. The van der Waals surface area contributed by atoms with Crippen molar-refractivity contribution in [3.8, 4) is 6.07 Å². The molecule has 5 nitrogen and oxygen atoms in total. The number of aromatic nitrogens is 3. The molecule has 0 saturated carbocycles. The summed E-state index contributed by atoms with van der Waals surface area (Å²) in [6.07, 6.45) is 2.86. The molecule has 0 spiro atoms. The van der Waals surface area contributed by atoms with Crippen LogP contribution >= 0.6 is 11.8 Å². The first-order valence-electron chi connectivity index (χ1n) is 7.01. The van der Waals surface area contributed by atoms with E-state index < -0.39 is 0 Å². The molecule has 0 saturated heterocycles. The lowest BCUT2D eigenvalue weighted by Gasteiger charge is -2.12. The second kappa shape index (κ2) is 6.35. The third kappa shape index (κ3) is 2.98. The molecule has 0 aliphatic heterocycles. The normalized spacial score (nSPS) is 11.2. The van der Waals surface area contributed by atoms with Crippen molar-refractivity contribution in [1.82, 2.24) is 14.1 Å². The number of fused-ring (bicyclic) bond motifs is 1. The van der Waals surface area contributed by atoms with Crippen molar-refractivity contribution >= 4 is 22.8 Å². The van der Waals surface area contributed by atoms with Crippen molar-refractivity contribution in [2.75, 3.05) is 6.26 Å². The van der Waals surface area contributed by atoms with Crippen LogP contribution in [-0.4, -0.2) is 20.4 Å². The Hall–Kier alpha value is -1.74. The fourth-order valence-corrected chi connectivity index (χ4v) is 2.95. The molecule has 2 rings (SSSR count). The third-order valence-corrected chi connectivity index (χ3v) is 4.20. The van der Waals surface area contributed by atoms with Gasteiger partial charge in [0, 0.05) is 12.2 Å². The molecule has 0 N–H and O–H groups in total. The van der Waals surface area contributed by atoms with E-state index in [9.17, 15) is 4.79 Å². The van der Waals surface area contributed by atoms with E-state index in [4.69, 9.17) is 5.26 Å². The lowest BCUT2D eigenvalue weighted by atomic mass is 10.1. The van der Waals surface area contributed by atoms with Gasteiger partial charge in [0.25, 0.3) is 5.56 Å². The van der Waals surface area contributed by atoms with Gasteiger partial charge in [0.2, 0.25) is 0 Å². The van der Waals surface area contributed by atoms with Crippen LogP contribution in [0.4, 0.5) is 0 Å². The summed E-state index contributed by atoms with van der Waals surface area (Å²) in [5, 5.41) is 9.69. The minimum Gasteiger partial charge on any atom is -0.325 e. The van der Waals surface area contributed by atoms with Crippen LogP contribution in [0.1, 0.15) is 26.0 Å². The van der Waals surface area contributed by atoms with Gasteiger partial charge in [0.1, 0.15) is 12.1 Å². The maximum absolute atomic E-state index is 12.8. The predicted molar refractivity (Wildman–Crippen MR) is 85.6 cm³/mol. The topological polar surface area (TPSA) is 63.6 Å². The van der Waals surface area contributed by atoms with Crippen LogP contribution in [0, 0.1) is 24.2 Å². The van der Waals surface area contributed by atoms with Gasteiger partial charge in [-0.25, -0.2) is 4.98 Å². The number of rotatable bonds is 5. The zero-order valence-electron chi connectivity index (χ0n) is 12.9. The molecule has 0 atom stereocenters. The van der Waals surface area contributed by atoms with Gasteiger partial charge >= 0.3 is 0 Å². The lowest BCUT2D eigenvalue weighted by Crippen LogP contribution is -2.25. The van der Waals surface area contributed by atoms with Crippen molar-refractivity contribution in [1.29, 1.82) is 5.26 Å². The molecule has 2 heterocycles. The Kier molecular flexibility index (Phi) is 4.73. The molecule has 0 fully saturated rings. The van der Waals surface area contributed by atoms with Crippen molar-refractivity contribution in [2.45, 2.75) is 45.4 Å². The minimum atomic E-state index is -0.0478. The van der Waals surface area contributed by atoms with Crippen LogP contribution in [0.5, 0.6) is 0 Å². The van der Waals surface area contributed by atoms with Crippen LogP contribution in [-0.2, 0) is 13.1 Å². The Balaban J connectivity index is 2.67. The molecule has 0 aromatic carbocycles. The summed E-state index contributed by atoms with van der Waals surface area (Å²) < 4.78 is 3.49. The van der Waals surface area contributed by atoms with Crippen molar-refractivity contribution < 1.29 is 0 Å². The molecule has 0 amide bonds. The summed E-state index contributed by atoms with van der Waals surface area (Å²) in [6, 6.07) is 3.99. The highest BCUT2D eigenvalue weighted by atomic mass is 32.2. The van der Waals surface area contributed by atoms with Gasteiger partial charge in [-0.3, -0.25) is 9.36 Å². The van der Waals surface area contributed by atoms with E-state index in [1.165, 1.54) is 11.8 Å². The van der Waals surface area contributed by atoms with Gasteiger partial charge in [0.05, 0.1) is 11.6 Å². The van der Waals surface area contributed by atoms with Crippen LogP contribution < -0.4 is 5.56 Å². The number of aryl methyl sites for hydroxylation is 1. The smallest absolute Gasteiger partial charge is 0.278 e. The molecule has 2 aromatic heterocycles. The molecule has 2 aromatic rings. The quantitative estimate of drug-likeness (QED) is 0.629. The maximum atomic E-state index is 12.8. The molecular weight excluding hydrogens is 284 g/mol. The van der Waals surface area contributed by atoms with Crippen LogP contribution in [0.15, 0.2) is 16.0 Å². The average Bonchev–Trinajstić information content (AvgIpc) is 2.74. The fraction of sp³-hybridized carbons (Fsp3) is 0.533. The molecule has 6 heteroatoms. The van der Waals surface area contributed by atoms with Gasteiger partial charge in [-0.1, -0.05) is 25.6 Å². The average molecular weight is 304 g/mol. The first kappa shape index (κ1) is 15.6. The number of hydrogen-bond donors (Lipinski definition) is 0. The van der Waals surface area contributed by atoms with E-state index in [-0.39, 0.29) is 12.1 Å². The SMILES string of the molecule is CSc1nc2cc(C)n(CC#N)c2c(=O)n1CCC(C)C. The molecular formula is C15H20N4OS. The summed E-state index contributed by atoms with van der Waals surface area (Å²) in [5.74, 6) is 0.523. The van der Waals surface area contributed by atoms with E-state index >= 15 is 0 Å². The Morgan fingerprint density at radius 1 is 1.43 bits per heavy atom. The first-order valence-corrected chi connectivity index (χ1v) is 8.23. The Labute approximate surface area is 128 Å². The molecule has 0 unspecified atom stereocenters. The van der Waals surface area contributed by atoms with Gasteiger partial charge in [-0.15, -0.1) is 0 Å². The van der Waals surface area contributed by atoms with Crippen molar-refractivity contribution in [3.63, 3.8) is 0 Å². The highest BCUT2D eigenvalue weighted by Crippen LogP contribution is 2.19. The first-order chi connectivity index (χ1) is 9.99. The second-order valence-electron chi connectivity index (χ2n) is 5.50.